The fourth-order valence-electron chi connectivity index (χ4n) is 7.29. The van der Waals surface area contributed by atoms with Gasteiger partial charge >= 0.3 is 5.97 Å². The highest BCUT2D eigenvalue weighted by Gasteiger charge is 2.73. The maximum Gasteiger partial charge on any atom is 0.313 e. The number of ether oxygens (including phenoxy) is 2. The van der Waals surface area contributed by atoms with Crippen molar-refractivity contribution in [3.63, 3.8) is 0 Å². The molecule has 5 rings (SSSR count). The Balaban J connectivity index is 1.56. The van der Waals surface area contributed by atoms with Gasteiger partial charge in [-0.15, -0.1) is 0 Å². The van der Waals surface area contributed by atoms with E-state index in [0.29, 0.717) is 32.4 Å². The largest absolute Gasteiger partial charge is 0.455 e. The van der Waals surface area contributed by atoms with E-state index in [4.69, 9.17) is 9.47 Å². The van der Waals surface area contributed by atoms with Gasteiger partial charge in [0.25, 0.3) is 0 Å². The molecule has 0 aliphatic carbocycles. The molecule has 10 nitrogen and oxygen atoms in total. The summed E-state index contributed by atoms with van der Waals surface area (Å²) in [6.07, 6.45) is 10.5. The third kappa shape index (κ3) is 6.31. The predicted molar refractivity (Wildman–Crippen MR) is 168 cm³/mol. The molecular formula is C35H47N3O7. The number of amides is 3. The molecule has 1 aromatic rings. The van der Waals surface area contributed by atoms with Crippen LogP contribution in [0, 0.1) is 11.8 Å². The predicted octanol–water partition coefficient (Wildman–Crippen LogP) is 3.41. The van der Waals surface area contributed by atoms with Crippen molar-refractivity contribution in [3.8, 4) is 0 Å². The summed E-state index contributed by atoms with van der Waals surface area (Å²) in [7, 11) is 1.72. The Hall–Kier alpha value is -3.50. The van der Waals surface area contributed by atoms with Crippen LogP contribution in [0.3, 0.4) is 0 Å². The first kappa shape index (κ1) is 32.9. The van der Waals surface area contributed by atoms with Gasteiger partial charge in [-0.3, -0.25) is 19.2 Å². The van der Waals surface area contributed by atoms with Gasteiger partial charge in [-0.1, -0.05) is 74.4 Å². The zero-order chi connectivity index (χ0) is 32.1. The molecule has 4 aliphatic rings. The second-order valence-electron chi connectivity index (χ2n) is 12.7. The van der Waals surface area contributed by atoms with Crippen molar-refractivity contribution in [2.45, 2.75) is 88.7 Å². The Morgan fingerprint density at radius 1 is 0.978 bits per heavy atom. The van der Waals surface area contributed by atoms with E-state index in [1.165, 1.54) is 0 Å². The summed E-state index contributed by atoms with van der Waals surface area (Å²) in [5, 5.41) is 9.47. The van der Waals surface area contributed by atoms with E-state index in [9.17, 15) is 24.3 Å². The molecule has 0 saturated carbocycles. The minimum atomic E-state index is -1.29. The molecule has 244 valence electrons. The van der Waals surface area contributed by atoms with E-state index in [-0.39, 0.29) is 37.3 Å². The Morgan fingerprint density at radius 3 is 2.47 bits per heavy atom. The first-order valence-electron chi connectivity index (χ1n) is 16.5. The number of carbonyl (C=O) groups excluding carboxylic acids is 4. The normalized spacial score (nSPS) is 32.8. The van der Waals surface area contributed by atoms with Crippen LogP contribution in [0.2, 0.25) is 0 Å². The molecule has 7 atom stereocenters. The maximum absolute atomic E-state index is 14.5. The zero-order valence-corrected chi connectivity index (χ0v) is 26.7. The molecule has 1 N–H and O–H groups in total. The molecular weight excluding hydrogens is 574 g/mol. The van der Waals surface area contributed by atoms with E-state index >= 15 is 0 Å². The molecule has 4 aliphatic heterocycles. The molecule has 5 bridgehead atoms. The smallest absolute Gasteiger partial charge is 0.313 e. The summed E-state index contributed by atoms with van der Waals surface area (Å²) in [4.78, 5) is 61.2. The van der Waals surface area contributed by atoms with Crippen LogP contribution in [-0.2, 0) is 28.7 Å². The van der Waals surface area contributed by atoms with Crippen LogP contribution >= 0.6 is 0 Å². The summed E-state index contributed by atoms with van der Waals surface area (Å²) >= 11 is 0. The topological polar surface area (TPSA) is 117 Å². The van der Waals surface area contributed by atoms with Crippen molar-refractivity contribution in [1.29, 1.82) is 0 Å². The molecule has 45 heavy (non-hydrogen) atoms. The fourth-order valence-corrected chi connectivity index (χ4v) is 7.29. The van der Waals surface area contributed by atoms with Crippen LogP contribution in [0.15, 0.2) is 54.6 Å². The lowest BCUT2D eigenvalue weighted by molar-refractivity contribution is -0.164. The number of cyclic esters (lactones) is 1. The second kappa shape index (κ2) is 14.3. The van der Waals surface area contributed by atoms with E-state index in [0.717, 1.165) is 24.8 Å². The van der Waals surface area contributed by atoms with Gasteiger partial charge in [-0.05, 0) is 38.2 Å². The molecule has 0 radical (unpaired) electrons. The molecule has 2 fully saturated rings. The van der Waals surface area contributed by atoms with E-state index in [1.807, 2.05) is 55.5 Å². The number of nitrogens with zero attached hydrogens (tertiary/aromatic N) is 3. The lowest BCUT2D eigenvalue weighted by Crippen LogP contribution is -2.56. The molecule has 0 unspecified atom stereocenters. The number of aliphatic hydroxyl groups excluding tert-OH is 1. The maximum atomic E-state index is 14.5. The van der Waals surface area contributed by atoms with E-state index in [1.54, 1.807) is 27.8 Å². The lowest BCUT2D eigenvalue weighted by atomic mass is 9.74. The van der Waals surface area contributed by atoms with Gasteiger partial charge in [0, 0.05) is 39.7 Å². The monoisotopic (exact) mass is 621 g/mol. The molecule has 1 aromatic carbocycles. The number of hydrogen-bond acceptors (Lipinski definition) is 7. The number of likely N-dealkylation sites (N-methyl/N-ethyl adjacent to an activating group) is 1. The van der Waals surface area contributed by atoms with E-state index in [2.05, 4.69) is 6.92 Å². The number of rotatable bonds is 9. The molecule has 2 saturated heterocycles. The van der Waals surface area contributed by atoms with Crippen LogP contribution in [0.5, 0.6) is 0 Å². The average Bonchev–Trinajstić information content (AvgIpc) is 3.69. The Kier molecular flexibility index (Phi) is 10.4. The van der Waals surface area contributed by atoms with Crippen LogP contribution in [0.1, 0.15) is 70.5 Å². The van der Waals surface area contributed by atoms with Crippen molar-refractivity contribution in [2.75, 3.05) is 33.3 Å². The summed E-state index contributed by atoms with van der Waals surface area (Å²) in [5.41, 5.74) is -0.549. The van der Waals surface area contributed by atoms with Crippen molar-refractivity contribution >= 4 is 23.7 Å². The summed E-state index contributed by atoms with van der Waals surface area (Å²) in [5.74, 6) is -3.04. The van der Waals surface area contributed by atoms with Crippen LogP contribution in [0.25, 0.3) is 0 Å². The number of hydrogen-bond donors (Lipinski definition) is 1. The third-order valence-electron chi connectivity index (χ3n) is 9.86. The molecule has 3 amide bonds. The van der Waals surface area contributed by atoms with Crippen molar-refractivity contribution < 1.29 is 33.8 Å². The van der Waals surface area contributed by atoms with Gasteiger partial charge in [0.2, 0.25) is 17.7 Å². The second-order valence-corrected chi connectivity index (χ2v) is 12.7. The van der Waals surface area contributed by atoms with Crippen LogP contribution < -0.4 is 0 Å². The number of unbranched alkanes of at least 4 members (excludes halogenated alkanes) is 3. The lowest BCUT2D eigenvalue weighted by Gasteiger charge is -2.36. The minimum absolute atomic E-state index is 0.0212. The van der Waals surface area contributed by atoms with Gasteiger partial charge in [0.15, 0.2) is 0 Å². The number of likely N-dealkylation sites (tertiary alicyclic amines) is 1. The Morgan fingerprint density at radius 2 is 1.73 bits per heavy atom. The van der Waals surface area contributed by atoms with Gasteiger partial charge < -0.3 is 29.3 Å². The van der Waals surface area contributed by atoms with Crippen molar-refractivity contribution in [3.05, 3.63) is 60.2 Å². The SMILES string of the molecule is CCCCCN1C/C=C\CCC(=O)N(C)[C@@H](C)[C@H](c2ccccc2)OC(=O)[C@@H]2[C@H]3C(=O)N(CCCCO)[C@H](C1=O)[C@]31C=C[C@H]2O1. The minimum Gasteiger partial charge on any atom is -0.455 e. The number of carbonyl (C=O) groups is 4. The van der Waals surface area contributed by atoms with Crippen molar-refractivity contribution in [1.82, 2.24) is 14.7 Å². The summed E-state index contributed by atoms with van der Waals surface area (Å²) < 4.78 is 12.8. The van der Waals surface area contributed by atoms with Gasteiger partial charge in [0.1, 0.15) is 23.7 Å². The highest BCUT2D eigenvalue weighted by molar-refractivity contribution is 5.99. The Labute approximate surface area is 266 Å². The zero-order valence-electron chi connectivity index (χ0n) is 26.7. The molecule has 10 heteroatoms. The average molecular weight is 622 g/mol. The standard InChI is InChI=1S/C35H47N3O7/c1-4-5-11-20-37-21-12-7-10-17-27(40)36(3)24(2)30(25-15-8-6-9-16-25)44-34(43)28-26-18-19-35(45-26)29(28)32(41)38(22-13-14-23-39)31(35)33(37)42/h6-9,12,15-16,18-19,24,26,28-31,39H,4-5,10-11,13-14,17,20-23H2,1-3H3/b12-7-/t24-,26+,28-,29-,30+,31+,35-/m0/s1. The highest BCUT2D eigenvalue weighted by Crippen LogP contribution is 2.56. The number of aliphatic hydroxyl groups is 1. The third-order valence-corrected chi connectivity index (χ3v) is 9.86. The number of fused-ring (bicyclic) bond motifs is 2. The summed E-state index contributed by atoms with van der Waals surface area (Å²) in [6, 6.07) is 7.90. The fraction of sp³-hybridized carbons (Fsp3) is 0.600. The van der Waals surface area contributed by atoms with E-state index < -0.39 is 47.7 Å². The molecule has 1 spiro atoms. The van der Waals surface area contributed by atoms with Crippen LogP contribution in [0.4, 0.5) is 0 Å². The Bertz CT molecular complexity index is 1300. The molecule has 0 aromatic heterocycles. The summed E-state index contributed by atoms with van der Waals surface area (Å²) in [6.45, 7) is 5.07. The first-order chi connectivity index (χ1) is 21.7. The number of benzene rings is 1. The molecule has 4 heterocycles. The number of allylic oxidation sites excluding steroid dienone is 1. The van der Waals surface area contributed by atoms with Gasteiger partial charge in [-0.25, -0.2) is 0 Å². The van der Waals surface area contributed by atoms with Crippen molar-refractivity contribution in [2.24, 2.45) is 11.8 Å². The van der Waals surface area contributed by atoms with Gasteiger partial charge in [0.05, 0.1) is 18.1 Å². The quantitative estimate of drug-likeness (QED) is 0.255. The number of esters is 1. The highest BCUT2D eigenvalue weighted by atomic mass is 16.6. The first-order valence-corrected chi connectivity index (χ1v) is 16.5. The van der Waals surface area contributed by atoms with Crippen LogP contribution in [-0.4, -0.2) is 101 Å². The van der Waals surface area contributed by atoms with Gasteiger partial charge in [-0.2, -0.15) is 0 Å².